The maximum atomic E-state index is 6.83. The Hall–Kier alpha value is -0.350. The van der Waals surface area contributed by atoms with Gasteiger partial charge in [0.2, 0.25) is 0 Å². The number of fused-ring (bicyclic) bond motifs is 2. The minimum Gasteiger partial charge on any atom is -0.143 e. The number of halogens is 2. The van der Waals surface area contributed by atoms with E-state index in [0.29, 0.717) is 0 Å². The van der Waals surface area contributed by atoms with Gasteiger partial charge in [0.15, 0.2) is 0 Å². The quantitative estimate of drug-likeness (QED) is 0.411. The number of thiophene rings is 2. The summed E-state index contributed by atoms with van der Waals surface area (Å²) in [6.07, 6.45) is 5.11. The Kier molecular flexibility index (Phi) is 3.86. The van der Waals surface area contributed by atoms with Crippen LogP contribution in [0.4, 0.5) is 0 Å². The molecule has 1 atom stereocenters. The van der Waals surface area contributed by atoms with Gasteiger partial charge in [-0.1, -0.05) is 12.1 Å². The van der Waals surface area contributed by atoms with Gasteiger partial charge in [-0.15, -0.1) is 34.3 Å². The van der Waals surface area contributed by atoms with Crippen molar-refractivity contribution in [3.63, 3.8) is 0 Å². The number of hydrogen-bond acceptors (Lipinski definition) is 2. The molecule has 0 bridgehead atoms. The molecule has 4 rings (SSSR count). The normalized spacial score (nSPS) is 16.1. The van der Waals surface area contributed by atoms with Gasteiger partial charge in [-0.3, -0.25) is 0 Å². The van der Waals surface area contributed by atoms with E-state index < -0.39 is 0 Å². The van der Waals surface area contributed by atoms with Gasteiger partial charge >= 0.3 is 0 Å². The monoisotopic (exact) mass is 396 g/mol. The average Bonchev–Trinajstić information content (AvgIpc) is 3.11. The smallest absolute Gasteiger partial charge is 0.0941 e. The second-order valence-electron chi connectivity index (χ2n) is 5.47. The molecule has 1 aliphatic rings. The Morgan fingerprint density at radius 3 is 2.90 bits per heavy atom. The summed E-state index contributed by atoms with van der Waals surface area (Å²) in [7, 11) is 0. The summed E-state index contributed by atoms with van der Waals surface area (Å²) in [6, 6.07) is 8.70. The highest BCUT2D eigenvalue weighted by Crippen LogP contribution is 2.43. The average molecular weight is 398 g/mol. The van der Waals surface area contributed by atoms with E-state index in [4.69, 9.17) is 11.6 Å². The zero-order chi connectivity index (χ0) is 14.4. The van der Waals surface area contributed by atoms with Crippen LogP contribution >= 0.6 is 50.2 Å². The predicted molar refractivity (Wildman–Crippen MR) is 98.2 cm³/mol. The van der Waals surface area contributed by atoms with Gasteiger partial charge in [0.25, 0.3) is 0 Å². The van der Waals surface area contributed by atoms with Crippen LogP contribution in [0.5, 0.6) is 0 Å². The Labute approximate surface area is 145 Å². The summed E-state index contributed by atoms with van der Waals surface area (Å²) in [5, 5.41) is 3.47. The summed E-state index contributed by atoms with van der Waals surface area (Å²) < 4.78 is 2.45. The maximum absolute atomic E-state index is 6.83. The molecule has 3 aromatic rings. The molecule has 1 unspecified atom stereocenters. The van der Waals surface area contributed by atoms with Crippen LogP contribution in [-0.4, -0.2) is 0 Å². The molecule has 0 nitrogen and oxygen atoms in total. The second-order valence-corrected chi connectivity index (χ2v) is 8.81. The third-order valence-corrected chi connectivity index (χ3v) is 7.99. The van der Waals surface area contributed by atoms with Gasteiger partial charge in [-0.05, 0) is 75.6 Å². The maximum Gasteiger partial charge on any atom is 0.0941 e. The van der Waals surface area contributed by atoms with E-state index in [1.807, 2.05) is 11.3 Å². The molecule has 0 fully saturated rings. The van der Waals surface area contributed by atoms with Crippen LogP contribution in [-0.2, 0) is 12.8 Å². The van der Waals surface area contributed by atoms with E-state index in [1.54, 1.807) is 16.2 Å². The lowest BCUT2D eigenvalue weighted by Crippen LogP contribution is -1.96. The minimum atomic E-state index is -0.0244. The van der Waals surface area contributed by atoms with Crippen molar-refractivity contribution in [2.45, 2.75) is 31.1 Å². The third kappa shape index (κ3) is 2.48. The fourth-order valence-corrected chi connectivity index (χ4v) is 6.38. The summed E-state index contributed by atoms with van der Waals surface area (Å²) in [6.45, 7) is 0. The standard InChI is InChI=1S/C17H14BrClS2/c18-13-6-3-5-11-12(9-20-17(11)13)16(19)15-8-10-4-1-2-7-14(10)21-15/h3,5-6,8-9,16H,1-2,4,7H2. The molecule has 21 heavy (non-hydrogen) atoms. The molecular formula is C17H14BrClS2. The first-order valence-corrected chi connectivity index (χ1v) is 10.1. The highest BCUT2D eigenvalue weighted by Gasteiger charge is 2.21. The van der Waals surface area contributed by atoms with Crippen LogP contribution in [0.25, 0.3) is 10.1 Å². The van der Waals surface area contributed by atoms with E-state index in [2.05, 4.69) is 45.6 Å². The lowest BCUT2D eigenvalue weighted by molar-refractivity contribution is 0.697. The number of hydrogen-bond donors (Lipinski definition) is 0. The molecule has 0 saturated heterocycles. The zero-order valence-electron chi connectivity index (χ0n) is 11.4. The third-order valence-electron chi connectivity index (χ3n) is 4.12. The van der Waals surface area contributed by atoms with E-state index >= 15 is 0 Å². The van der Waals surface area contributed by atoms with Crippen LogP contribution in [0, 0.1) is 0 Å². The van der Waals surface area contributed by atoms with Crippen molar-refractivity contribution in [3.05, 3.63) is 55.0 Å². The number of aryl methyl sites for hydroxylation is 2. The van der Waals surface area contributed by atoms with E-state index in [9.17, 15) is 0 Å². The molecule has 2 heterocycles. The van der Waals surface area contributed by atoms with Crippen LogP contribution < -0.4 is 0 Å². The van der Waals surface area contributed by atoms with Crippen molar-refractivity contribution in [1.29, 1.82) is 0 Å². The summed E-state index contributed by atoms with van der Waals surface area (Å²) in [4.78, 5) is 2.87. The Morgan fingerprint density at radius 1 is 1.19 bits per heavy atom. The molecule has 1 aliphatic carbocycles. The molecule has 0 amide bonds. The van der Waals surface area contributed by atoms with E-state index in [1.165, 1.54) is 51.8 Å². The molecule has 0 aliphatic heterocycles. The van der Waals surface area contributed by atoms with Crippen molar-refractivity contribution in [2.75, 3.05) is 0 Å². The Bertz CT molecular complexity index is 779. The summed E-state index contributed by atoms with van der Waals surface area (Å²) in [5.41, 5.74) is 2.78. The molecule has 0 spiro atoms. The molecule has 0 radical (unpaired) electrons. The summed E-state index contributed by atoms with van der Waals surface area (Å²) >= 11 is 14.1. The lowest BCUT2D eigenvalue weighted by atomic mass is 9.98. The van der Waals surface area contributed by atoms with E-state index in [0.717, 1.165) is 4.47 Å². The number of rotatable bonds is 2. The lowest BCUT2D eigenvalue weighted by Gasteiger charge is -2.08. The second kappa shape index (κ2) is 5.69. The van der Waals surface area contributed by atoms with Gasteiger partial charge < -0.3 is 0 Å². The first-order valence-electron chi connectivity index (χ1n) is 7.15. The van der Waals surface area contributed by atoms with Crippen LogP contribution in [0.1, 0.15) is 39.1 Å². The van der Waals surface area contributed by atoms with Gasteiger partial charge in [0, 0.05) is 18.9 Å². The number of alkyl halides is 1. The van der Waals surface area contributed by atoms with Crippen molar-refractivity contribution in [3.8, 4) is 0 Å². The molecule has 0 saturated carbocycles. The van der Waals surface area contributed by atoms with Crippen molar-refractivity contribution in [2.24, 2.45) is 0 Å². The van der Waals surface area contributed by atoms with Gasteiger partial charge in [-0.25, -0.2) is 0 Å². The molecule has 1 aromatic carbocycles. The van der Waals surface area contributed by atoms with Gasteiger partial charge in [0.05, 0.1) is 5.38 Å². The van der Waals surface area contributed by atoms with Gasteiger partial charge in [-0.2, -0.15) is 0 Å². The largest absolute Gasteiger partial charge is 0.143 e. The summed E-state index contributed by atoms with van der Waals surface area (Å²) in [5.74, 6) is 0. The fourth-order valence-electron chi connectivity index (χ4n) is 3.03. The first kappa shape index (κ1) is 14.3. The van der Waals surface area contributed by atoms with E-state index in [-0.39, 0.29) is 5.38 Å². The van der Waals surface area contributed by atoms with Crippen molar-refractivity contribution >= 4 is 60.3 Å². The molecule has 0 N–H and O–H groups in total. The van der Waals surface area contributed by atoms with Gasteiger partial charge in [0.1, 0.15) is 0 Å². The Balaban J connectivity index is 1.77. The topological polar surface area (TPSA) is 0 Å². The highest BCUT2D eigenvalue weighted by atomic mass is 79.9. The zero-order valence-corrected chi connectivity index (χ0v) is 15.3. The molecular weight excluding hydrogens is 384 g/mol. The molecule has 2 aromatic heterocycles. The van der Waals surface area contributed by atoms with Crippen molar-refractivity contribution < 1.29 is 0 Å². The Morgan fingerprint density at radius 2 is 2.05 bits per heavy atom. The SMILES string of the molecule is ClC(c1cc2c(s1)CCCC2)c1csc2c(Br)cccc12. The first-order chi connectivity index (χ1) is 10.2. The van der Waals surface area contributed by atoms with Crippen molar-refractivity contribution in [1.82, 2.24) is 0 Å². The predicted octanol–water partition coefficient (Wildman–Crippen LogP) is 6.93. The highest BCUT2D eigenvalue weighted by molar-refractivity contribution is 9.10. The van der Waals surface area contributed by atoms with Crippen LogP contribution in [0.15, 0.2) is 34.1 Å². The molecule has 108 valence electrons. The minimum absolute atomic E-state index is 0.0244. The number of benzene rings is 1. The van der Waals surface area contributed by atoms with Crippen LogP contribution in [0.3, 0.4) is 0 Å². The molecule has 4 heteroatoms. The fraction of sp³-hybridized carbons (Fsp3) is 0.294. The van der Waals surface area contributed by atoms with Crippen LogP contribution in [0.2, 0.25) is 0 Å².